The van der Waals surface area contributed by atoms with Gasteiger partial charge in [0.15, 0.2) is 0 Å². The van der Waals surface area contributed by atoms with Gasteiger partial charge < -0.3 is 5.73 Å². The van der Waals surface area contributed by atoms with Gasteiger partial charge in [-0.2, -0.15) is 17.4 Å². The molecule has 3 N–H and O–H groups in total. The lowest BCUT2D eigenvalue weighted by molar-refractivity contribution is -0.122. The first-order chi connectivity index (χ1) is 9.50. The molecule has 1 heterocycles. The number of nitrogens with one attached hydrogen (secondary N) is 1. The van der Waals surface area contributed by atoms with E-state index < -0.39 is 28.1 Å². The Morgan fingerprint density at radius 2 is 1.70 bits per heavy atom. The molecular weight excluding hydrogens is 278 g/mol. The molecule has 0 aromatic heterocycles. The van der Waals surface area contributed by atoms with Crippen molar-refractivity contribution in [3.63, 3.8) is 0 Å². The minimum Gasteiger partial charge on any atom is -0.369 e. The van der Waals surface area contributed by atoms with Crippen LogP contribution in [0.25, 0.3) is 0 Å². The third-order valence-electron chi connectivity index (χ3n) is 4.00. The van der Waals surface area contributed by atoms with E-state index in [1.165, 1.54) is 4.31 Å². The van der Waals surface area contributed by atoms with Gasteiger partial charge in [0, 0.05) is 19.1 Å². The summed E-state index contributed by atoms with van der Waals surface area (Å²) < 4.78 is 29.0. The van der Waals surface area contributed by atoms with Gasteiger partial charge in [-0.25, -0.2) is 0 Å². The van der Waals surface area contributed by atoms with Crippen molar-refractivity contribution in [3.05, 3.63) is 12.2 Å². The monoisotopic (exact) mass is 301 g/mol. The molecule has 0 saturated carbocycles. The number of hydrogen-bond acceptors (Lipinski definition) is 3. The van der Waals surface area contributed by atoms with E-state index in [1.54, 1.807) is 0 Å². The third-order valence-corrected chi connectivity index (χ3v) is 5.65. The van der Waals surface area contributed by atoms with Crippen LogP contribution < -0.4 is 10.5 Å². The lowest BCUT2D eigenvalue weighted by Crippen LogP contribution is -2.51. The van der Waals surface area contributed by atoms with Gasteiger partial charge in [-0.1, -0.05) is 25.0 Å². The molecule has 0 aromatic rings. The Morgan fingerprint density at radius 1 is 1.10 bits per heavy atom. The van der Waals surface area contributed by atoms with Crippen molar-refractivity contribution in [2.45, 2.75) is 44.6 Å². The Morgan fingerprint density at radius 3 is 2.30 bits per heavy atom. The second kappa shape index (κ2) is 6.69. The van der Waals surface area contributed by atoms with E-state index in [0.29, 0.717) is 25.9 Å². The Bertz CT molecular complexity index is 467. The smallest absolute Gasteiger partial charge is 0.279 e. The quantitative estimate of drug-likeness (QED) is 0.741. The number of rotatable bonds is 4. The molecule has 0 aromatic carbocycles. The zero-order valence-electron chi connectivity index (χ0n) is 11.6. The number of carbonyl (C=O) groups is 1. The van der Waals surface area contributed by atoms with Crippen LogP contribution >= 0.6 is 0 Å². The van der Waals surface area contributed by atoms with Crippen molar-refractivity contribution in [1.82, 2.24) is 9.03 Å². The molecule has 1 aliphatic heterocycles. The summed E-state index contributed by atoms with van der Waals surface area (Å²) in [5.74, 6) is -0.903. The fourth-order valence-electron chi connectivity index (χ4n) is 2.81. The highest BCUT2D eigenvalue weighted by Crippen LogP contribution is 2.21. The summed E-state index contributed by atoms with van der Waals surface area (Å²) in [4.78, 5) is 11.4. The molecule has 2 rings (SSSR count). The zero-order valence-corrected chi connectivity index (χ0v) is 12.4. The van der Waals surface area contributed by atoms with E-state index in [4.69, 9.17) is 5.73 Å². The topological polar surface area (TPSA) is 92.5 Å². The molecule has 0 spiro atoms. The number of amides is 1. The summed E-state index contributed by atoms with van der Waals surface area (Å²) in [6.07, 6.45) is 8.73. The van der Waals surface area contributed by atoms with E-state index in [-0.39, 0.29) is 0 Å². The Hall–Kier alpha value is -0.920. The second-order valence-corrected chi connectivity index (χ2v) is 7.20. The number of primary amides is 1. The number of nitrogens with zero attached hydrogens (tertiary/aromatic N) is 1. The normalized spacial score (nSPS) is 29.0. The van der Waals surface area contributed by atoms with Gasteiger partial charge in [-0.05, 0) is 25.7 Å². The minimum atomic E-state index is -3.53. The number of carbonyl (C=O) groups excluding carboxylic acids is 1. The summed E-state index contributed by atoms with van der Waals surface area (Å²) in [6, 6.07) is -0.425. The summed E-state index contributed by atoms with van der Waals surface area (Å²) >= 11 is 0. The van der Waals surface area contributed by atoms with Gasteiger partial charge in [0.2, 0.25) is 5.91 Å². The highest BCUT2D eigenvalue weighted by Gasteiger charge is 2.33. The zero-order chi connectivity index (χ0) is 14.6. The van der Waals surface area contributed by atoms with Crippen LogP contribution in [-0.2, 0) is 15.0 Å². The van der Waals surface area contributed by atoms with Crippen LogP contribution in [0.15, 0.2) is 12.2 Å². The maximum absolute atomic E-state index is 12.4. The predicted molar refractivity (Wildman–Crippen MR) is 76.9 cm³/mol. The van der Waals surface area contributed by atoms with Crippen molar-refractivity contribution >= 4 is 16.1 Å². The molecule has 114 valence electrons. The number of allylic oxidation sites excluding steroid dienone is 1. The van der Waals surface area contributed by atoms with Gasteiger partial charge in [0.05, 0.1) is 5.92 Å². The second-order valence-electron chi connectivity index (χ2n) is 5.49. The first-order valence-corrected chi connectivity index (χ1v) is 8.66. The van der Waals surface area contributed by atoms with Gasteiger partial charge in [0.1, 0.15) is 0 Å². The Labute approximate surface area is 120 Å². The van der Waals surface area contributed by atoms with Crippen molar-refractivity contribution in [2.75, 3.05) is 13.1 Å². The van der Waals surface area contributed by atoms with Crippen LogP contribution in [-0.4, -0.2) is 37.8 Å². The molecule has 2 aliphatic rings. The van der Waals surface area contributed by atoms with Gasteiger partial charge in [0.25, 0.3) is 10.2 Å². The maximum Gasteiger partial charge on any atom is 0.279 e. The van der Waals surface area contributed by atoms with Crippen molar-refractivity contribution in [1.29, 1.82) is 0 Å². The maximum atomic E-state index is 12.4. The first-order valence-electron chi connectivity index (χ1n) is 7.22. The van der Waals surface area contributed by atoms with E-state index in [0.717, 1.165) is 25.7 Å². The number of nitrogens with two attached hydrogens (primary N) is 1. The average molecular weight is 301 g/mol. The van der Waals surface area contributed by atoms with Crippen molar-refractivity contribution in [3.8, 4) is 0 Å². The highest BCUT2D eigenvalue weighted by atomic mass is 32.2. The third kappa shape index (κ3) is 3.80. The molecule has 20 heavy (non-hydrogen) atoms. The van der Waals surface area contributed by atoms with Gasteiger partial charge in [-0.3, -0.25) is 4.79 Å². The fourth-order valence-corrected chi connectivity index (χ4v) is 4.34. The summed E-state index contributed by atoms with van der Waals surface area (Å²) in [6.45, 7) is 1.11. The Balaban J connectivity index is 2.06. The molecule has 1 amide bonds. The fraction of sp³-hybridized carbons (Fsp3) is 0.769. The SMILES string of the molecule is NC(=O)[C@@H]1CC=CC[C@H]1NS(=O)(=O)N1CCCCCC1. The molecule has 1 saturated heterocycles. The molecule has 0 bridgehead atoms. The van der Waals surface area contributed by atoms with Crippen molar-refractivity contribution < 1.29 is 13.2 Å². The molecule has 1 aliphatic carbocycles. The summed E-state index contributed by atoms with van der Waals surface area (Å²) in [5, 5.41) is 0. The van der Waals surface area contributed by atoms with Crippen LogP contribution in [0.3, 0.4) is 0 Å². The summed E-state index contributed by atoms with van der Waals surface area (Å²) in [7, 11) is -3.53. The molecule has 7 heteroatoms. The molecular formula is C13H23N3O3S. The highest BCUT2D eigenvalue weighted by molar-refractivity contribution is 7.87. The van der Waals surface area contributed by atoms with E-state index in [9.17, 15) is 13.2 Å². The standard InChI is InChI=1S/C13H23N3O3S/c14-13(17)11-7-3-4-8-12(11)15-20(18,19)16-9-5-1-2-6-10-16/h3-4,11-12,15H,1-2,5-10H2,(H2,14,17)/t11-,12-/m1/s1. The first kappa shape index (κ1) is 15.5. The average Bonchev–Trinajstić information content (AvgIpc) is 2.68. The lowest BCUT2D eigenvalue weighted by Gasteiger charge is -2.29. The van der Waals surface area contributed by atoms with E-state index in [2.05, 4.69) is 4.72 Å². The van der Waals surface area contributed by atoms with Crippen LogP contribution in [0.4, 0.5) is 0 Å². The molecule has 6 nitrogen and oxygen atoms in total. The van der Waals surface area contributed by atoms with Crippen LogP contribution in [0.5, 0.6) is 0 Å². The largest absolute Gasteiger partial charge is 0.369 e. The minimum absolute atomic E-state index is 0.425. The van der Waals surface area contributed by atoms with Crippen molar-refractivity contribution in [2.24, 2.45) is 11.7 Å². The van der Waals surface area contributed by atoms with E-state index >= 15 is 0 Å². The molecule has 1 fully saturated rings. The molecule has 2 atom stereocenters. The number of hydrogen-bond donors (Lipinski definition) is 2. The van der Waals surface area contributed by atoms with E-state index in [1.807, 2.05) is 12.2 Å². The lowest BCUT2D eigenvalue weighted by atomic mass is 9.89. The predicted octanol–water partition coefficient (Wildman–Crippen LogP) is 0.517. The Kier molecular flexibility index (Phi) is 5.17. The van der Waals surface area contributed by atoms with Crippen LogP contribution in [0, 0.1) is 5.92 Å². The van der Waals surface area contributed by atoms with Gasteiger partial charge >= 0.3 is 0 Å². The van der Waals surface area contributed by atoms with Gasteiger partial charge in [-0.15, -0.1) is 0 Å². The summed E-state index contributed by atoms with van der Waals surface area (Å²) in [5.41, 5.74) is 5.36. The van der Waals surface area contributed by atoms with Crippen LogP contribution in [0.1, 0.15) is 38.5 Å². The molecule has 0 unspecified atom stereocenters. The molecule has 0 radical (unpaired) electrons. The van der Waals surface area contributed by atoms with Crippen LogP contribution in [0.2, 0.25) is 0 Å².